The van der Waals surface area contributed by atoms with Gasteiger partial charge in [0.1, 0.15) is 6.67 Å². The van der Waals surface area contributed by atoms with Gasteiger partial charge in [0.05, 0.1) is 11.6 Å². The lowest BCUT2D eigenvalue weighted by molar-refractivity contribution is -0.122. The van der Waals surface area contributed by atoms with Crippen LogP contribution in [0.2, 0.25) is 0 Å². The van der Waals surface area contributed by atoms with Gasteiger partial charge in [0.25, 0.3) is 0 Å². The first-order chi connectivity index (χ1) is 8.06. The number of carbonyl (C=O) groups excluding carboxylic acids is 2. The van der Waals surface area contributed by atoms with E-state index < -0.39 is 18.5 Å². The van der Waals surface area contributed by atoms with Gasteiger partial charge in [0, 0.05) is 6.42 Å². The van der Waals surface area contributed by atoms with E-state index in [0.717, 1.165) is 16.0 Å². The number of nitrogens with zero attached hydrogens (tertiary/aromatic N) is 1. The Hall–Kier alpha value is -1.71. The van der Waals surface area contributed by atoms with Gasteiger partial charge >= 0.3 is 0 Å². The van der Waals surface area contributed by atoms with Gasteiger partial charge in [-0.3, -0.25) is 14.0 Å². The van der Waals surface area contributed by atoms with Gasteiger partial charge in [-0.05, 0) is 25.0 Å². The Balaban J connectivity index is 2.47. The van der Waals surface area contributed by atoms with Crippen LogP contribution in [-0.4, -0.2) is 18.5 Å². The Morgan fingerprint density at radius 2 is 1.88 bits per heavy atom. The highest BCUT2D eigenvalue weighted by molar-refractivity contribution is 6.21. The standard InChI is InChI=1S/C13H14FNO2/c1-8-4-3-5-9(2)12(8)15-11(16)6-10(7-14)13(15)17/h3-5,10H,6-7H2,1-2H3. The molecule has 4 heteroatoms. The molecule has 2 amide bonds. The number of hydrogen-bond acceptors (Lipinski definition) is 2. The van der Waals surface area contributed by atoms with Crippen LogP contribution in [0.15, 0.2) is 18.2 Å². The lowest BCUT2D eigenvalue weighted by Crippen LogP contribution is -2.32. The van der Waals surface area contributed by atoms with Crippen molar-refractivity contribution >= 4 is 17.5 Å². The lowest BCUT2D eigenvalue weighted by atomic mass is 10.1. The second-order valence-electron chi connectivity index (χ2n) is 4.36. The van der Waals surface area contributed by atoms with E-state index in [4.69, 9.17) is 0 Å². The van der Waals surface area contributed by atoms with Gasteiger partial charge in [-0.15, -0.1) is 0 Å². The van der Waals surface area contributed by atoms with E-state index in [1.165, 1.54) is 0 Å². The van der Waals surface area contributed by atoms with E-state index in [1.54, 1.807) is 0 Å². The first-order valence-corrected chi connectivity index (χ1v) is 5.55. The molecule has 1 aromatic rings. The van der Waals surface area contributed by atoms with Crippen LogP contribution in [0.5, 0.6) is 0 Å². The molecule has 0 saturated carbocycles. The molecule has 1 unspecified atom stereocenters. The molecular weight excluding hydrogens is 221 g/mol. The predicted octanol–water partition coefficient (Wildman–Crippen LogP) is 2.15. The molecule has 0 aliphatic carbocycles. The van der Waals surface area contributed by atoms with Crippen molar-refractivity contribution in [2.45, 2.75) is 20.3 Å². The van der Waals surface area contributed by atoms with Crippen LogP contribution in [-0.2, 0) is 9.59 Å². The van der Waals surface area contributed by atoms with E-state index in [2.05, 4.69) is 0 Å². The third-order valence-corrected chi connectivity index (χ3v) is 3.09. The predicted molar refractivity (Wildman–Crippen MR) is 62.5 cm³/mol. The molecule has 1 fully saturated rings. The topological polar surface area (TPSA) is 37.4 Å². The lowest BCUT2D eigenvalue weighted by Gasteiger charge is -2.19. The van der Waals surface area contributed by atoms with E-state index in [9.17, 15) is 14.0 Å². The third-order valence-electron chi connectivity index (χ3n) is 3.09. The quantitative estimate of drug-likeness (QED) is 0.736. The molecule has 17 heavy (non-hydrogen) atoms. The molecule has 1 aliphatic rings. The molecule has 1 aliphatic heterocycles. The largest absolute Gasteiger partial charge is 0.274 e. The van der Waals surface area contributed by atoms with Gasteiger partial charge in [0.15, 0.2) is 0 Å². The van der Waals surface area contributed by atoms with Crippen LogP contribution in [0.4, 0.5) is 10.1 Å². The highest BCUT2D eigenvalue weighted by Crippen LogP contribution is 2.31. The fourth-order valence-electron chi connectivity index (χ4n) is 2.21. The van der Waals surface area contributed by atoms with Crippen LogP contribution in [0.3, 0.4) is 0 Å². The zero-order valence-corrected chi connectivity index (χ0v) is 9.87. The Bertz CT molecular complexity index is 464. The van der Waals surface area contributed by atoms with Crippen molar-refractivity contribution in [1.82, 2.24) is 0 Å². The summed E-state index contributed by atoms with van der Waals surface area (Å²) in [5.41, 5.74) is 2.32. The van der Waals surface area contributed by atoms with Crippen molar-refractivity contribution in [2.75, 3.05) is 11.6 Å². The molecule has 3 nitrogen and oxygen atoms in total. The summed E-state index contributed by atoms with van der Waals surface area (Å²) >= 11 is 0. The van der Waals surface area contributed by atoms with Crippen LogP contribution < -0.4 is 4.90 Å². The summed E-state index contributed by atoms with van der Waals surface area (Å²) < 4.78 is 12.6. The average Bonchev–Trinajstić information content (AvgIpc) is 2.56. The molecule has 2 rings (SSSR count). The maximum Gasteiger partial charge on any atom is 0.240 e. The summed E-state index contributed by atoms with van der Waals surface area (Å²) in [7, 11) is 0. The van der Waals surface area contributed by atoms with Crippen LogP contribution in [0, 0.1) is 19.8 Å². The molecule has 0 radical (unpaired) electrons. The molecular formula is C13H14FNO2. The Labute approximate surface area is 99.2 Å². The van der Waals surface area contributed by atoms with E-state index in [-0.39, 0.29) is 12.3 Å². The monoisotopic (exact) mass is 235 g/mol. The number of halogens is 1. The zero-order chi connectivity index (χ0) is 12.6. The summed E-state index contributed by atoms with van der Waals surface area (Å²) in [5.74, 6) is -1.54. The molecule has 90 valence electrons. The third kappa shape index (κ3) is 1.84. The number of hydrogen-bond donors (Lipinski definition) is 0. The zero-order valence-electron chi connectivity index (χ0n) is 9.87. The first kappa shape index (κ1) is 11.8. The number of carbonyl (C=O) groups is 2. The minimum Gasteiger partial charge on any atom is -0.274 e. The first-order valence-electron chi connectivity index (χ1n) is 5.55. The summed E-state index contributed by atoms with van der Waals surface area (Å²) in [6.07, 6.45) is -0.0247. The number of aryl methyl sites for hydroxylation is 2. The molecule has 1 saturated heterocycles. The fourth-order valence-corrected chi connectivity index (χ4v) is 2.21. The maximum atomic E-state index is 12.6. The number of anilines is 1. The second-order valence-corrected chi connectivity index (χ2v) is 4.36. The van der Waals surface area contributed by atoms with E-state index in [0.29, 0.717) is 5.69 Å². The van der Waals surface area contributed by atoms with Crippen LogP contribution in [0.1, 0.15) is 17.5 Å². The number of alkyl halides is 1. The number of imide groups is 1. The molecule has 1 heterocycles. The van der Waals surface area contributed by atoms with Gasteiger partial charge in [-0.2, -0.15) is 0 Å². The van der Waals surface area contributed by atoms with E-state index in [1.807, 2.05) is 32.0 Å². The summed E-state index contributed by atoms with van der Waals surface area (Å²) in [6, 6.07) is 5.54. The molecule has 0 spiro atoms. The van der Waals surface area contributed by atoms with Crippen molar-refractivity contribution in [3.8, 4) is 0 Å². The highest BCUT2D eigenvalue weighted by Gasteiger charge is 2.40. The summed E-state index contributed by atoms with van der Waals surface area (Å²) in [5, 5.41) is 0. The maximum absolute atomic E-state index is 12.6. The van der Waals surface area contributed by atoms with Gasteiger partial charge in [-0.1, -0.05) is 18.2 Å². The Morgan fingerprint density at radius 1 is 1.29 bits per heavy atom. The molecule has 1 aromatic carbocycles. The summed E-state index contributed by atoms with van der Waals surface area (Å²) in [4.78, 5) is 24.8. The fraction of sp³-hybridized carbons (Fsp3) is 0.385. The Morgan fingerprint density at radius 3 is 2.35 bits per heavy atom. The van der Waals surface area contributed by atoms with Crippen molar-refractivity contribution in [3.05, 3.63) is 29.3 Å². The number of benzene rings is 1. The molecule has 0 bridgehead atoms. The molecule has 0 N–H and O–H groups in total. The van der Waals surface area contributed by atoms with Crippen LogP contribution in [0.25, 0.3) is 0 Å². The van der Waals surface area contributed by atoms with Gasteiger partial charge in [-0.25, -0.2) is 4.90 Å². The molecule has 1 atom stereocenters. The van der Waals surface area contributed by atoms with Crippen LogP contribution >= 0.6 is 0 Å². The van der Waals surface area contributed by atoms with E-state index >= 15 is 0 Å². The smallest absolute Gasteiger partial charge is 0.240 e. The minimum absolute atomic E-state index is 0.0247. The number of para-hydroxylation sites is 1. The van der Waals surface area contributed by atoms with Crippen molar-refractivity contribution < 1.29 is 14.0 Å². The van der Waals surface area contributed by atoms with Crippen molar-refractivity contribution in [3.63, 3.8) is 0 Å². The highest BCUT2D eigenvalue weighted by atomic mass is 19.1. The minimum atomic E-state index is -0.804. The second kappa shape index (κ2) is 4.28. The van der Waals surface area contributed by atoms with Gasteiger partial charge in [0.2, 0.25) is 11.8 Å². The van der Waals surface area contributed by atoms with Crippen molar-refractivity contribution in [1.29, 1.82) is 0 Å². The number of amides is 2. The molecule has 0 aromatic heterocycles. The average molecular weight is 235 g/mol. The normalized spacial score (nSPS) is 20.2. The Kier molecular flexibility index (Phi) is 2.96. The summed E-state index contributed by atoms with van der Waals surface area (Å²) in [6.45, 7) is 2.91. The SMILES string of the molecule is Cc1cccc(C)c1N1C(=O)CC(CF)C1=O. The van der Waals surface area contributed by atoms with Gasteiger partial charge < -0.3 is 0 Å². The number of rotatable bonds is 2. The van der Waals surface area contributed by atoms with Crippen molar-refractivity contribution in [2.24, 2.45) is 5.92 Å².